The zero-order valence-corrected chi connectivity index (χ0v) is 26.6. The molecule has 1 heterocycles. The quantitative estimate of drug-likeness (QED) is 0.255. The van der Waals surface area contributed by atoms with Crippen LogP contribution in [0.2, 0.25) is 0 Å². The lowest BCUT2D eigenvalue weighted by Crippen LogP contribution is -2.42. The number of aryl methyl sites for hydroxylation is 3. The van der Waals surface area contributed by atoms with Gasteiger partial charge in [0, 0.05) is 19.0 Å². The maximum absolute atomic E-state index is 13.6. The molecule has 5 rings (SSSR count). The lowest BCUT2D eigenvalue weighted by molar-refractivity contribution is -0.136. The number of allylic oxidation sites excluding steroid dienone is 4. The van der Waals surface area contributed by atoms with Crippen LogP contribution >= 0.6 is 0 Å². The second-order valence-corrected chi connectivity index (χ2v) is 12.1. The predicted molar refractivity (Wildman–Crippen MR) is 180 cm³/mol. The van der Waals surface area contributed by atoms with Gasteiger partial charge in [0.2, 0.25) is 5.91 Å². The predicted octanol–water partition coefficient (Wildman–Crippen LogP) is 5.72. The number of aromatic nitrogens is 2. The van der Waals surface area contributed by atoms with Crippen molar-refractivity contribution in [1.82, 2.24) is 14.9 Å². The summed E-state index contributed by atoms with van der Waals surface area (Å²) in [7, 11) is 0. The largest absolute Gasteiger partial charge is 0.481 e. The van der Waals surface area contributed by atoms with Crippen molar-refractivity contribution in [3.8, 4) is 0 Å². The molecule has 0 spiro atoms. The van der Waals surface area contributed by atoms with Gasteiger partial charge in [-0.05, 0) is 81.1 Å². The van der Waals surface area contributed by atoms with Crippen LogP contribution in [0.25, 0.3) is 12.2 Å². The molecule has 2 aliphatic carbocycles. The van der Waals surface area contributed by atoms with Crippen LogP contribution in [0.1, 0.15) is 79.9 Å². The van der Waals surface area contributed by atoms with E-state index in [0.29, 0.717) is 13.0 Å². The van der Waals surface area contributed by atoms with Gasteiger partial charge in [0.05, 0.1) is 34.4 Å². The number of benzene rings is 2. The number of carboxylic acids is 1. The SMILES string of the molecule is CCC1=CCC(c2nc3c(nc2CCCc2cccc(CC(=O)O)c2)=CC(C(=O)N(CC)CCCc2ccccc2)CC=3)C=C1. The van der Waals surface area contributed by atoms with Crippen LogP contribution in [-0.2, 0) is 35.3 Å². The van der Waals surface area contributed by atoms with E-state index >= 15 is 0 Å². The molecular formula is C39H45N3O3. The molecule has 1 N–H and O–H groups in total. The molecule has 2 aromatic carbocycles. The molecule has 3 aromatic rings. The van der Waals surface area contributed by atoms with Crippen molar-refractivity contribution in [2.45, 2.75) is 77.6 Å². The van der Waals surface area contributed by atoms with E-state index < -0.39 is 5.97 Å². The van der Waals surface area contributed by atoms with Gasteiger partial charge in [0.1, 0.15) is 0 Å². The third-order valence-electron chi connectivity index (χ3n) is 8.89. The lowest BCUT2D eigenvalue weighted by Gasteiger charge is -2.25. The van der Waals surface area contributed by atoms with Crippen molar-refractivity contribution in [3.05, 3.63) is 117 Å². The summed E-state index contributed by atoms with van der Waals surface area (Å²) in [6, 6.07) is 18.3. The summed E-state index contributed by atoms with van der Waals surface area (Å²) < 4.78 is 0. The molecule has 2 unspecified atom stereocenters. The fraction of sp³-hybridized carbons (Fsp3) is 0.385. The molecule has 45 heavy (non-hydrogen) atoms. The van der Waals surface area contributed by atoms with Crippen molar-refractivity contribution in [3.63, 3.8) is 0 Å². The first kappa shape index (κ1) is 32.1. The van der Waals surface area contributed by atoms with E-state index in [2.05, 4.69) is 68.5 Å². The van der Waals surface area contributed by atoms with Crippen LogP contribution in [0, 0.1) is 5.92 Å². The number of carbonyl (C=O) groups is 2. The van der Waals surface area contributed by atoms with Crippen molar-refractivity contribution in [2.24, 2.45) is 5.92 Å². The van der Waals surface area contributed by atoms with Crippen LogP contribution in [0.4, 0.5) is 0 Å². The number of hydrogen-bond acceptors (Lipinski definition) is 4. The molecule has 0 saturated carbocycles. The van der Waals surface area contributed by atoms with Crippen LogP contribution in [0.15, 0.2) is 78.4 Å². The fourth-order valence-corrected chi connectivity index (χ4v) is 6.37. The smallest absolute Gasteiger partial charge is 0.307 e. The molecule has 1 amide bonds. The van der Waals surface area contributed by atoms with Crippen molar-refractivity contribution >= 4 is 24.0 Å². The molecule has 1 aromatic heterocycles. The van der Waals surface area contributed by atoms with E-state index in [9.17, 15) is 14.7 Å². The third-order valence-corrected chi connectivity index (χ3v) is 8.89. The Morgan fingerprint density at radius 2 is 1.64 bits per heavy atom. The number of carbonyl (C=O) groups excluding carboxylic acids is 1. The topological polar surface area (TPSA) is 83.4 Å². The maximum Gasteiger partial charge on any atom is 0.307 e. The van der Waals surface area contributed by atoms with Gasteiger partial charge in [-0.2, -0.15) is 0 Å². The molecule has 0 fully saturated rings. The van der Waals surface area contributed by atoms with E-state index in [-0.39, 0.29) is 24.2 Å². The van der Waals surface area contributed by atoms with E-state index in [4.69, 9.17) is 9.97 Å². The van der Waals surface area contributed by atoms with E-state index in [0.717, 1.165) is 84.7 Å². The minimum atomic E-state index is -0.818. The zero-order valence-electron chi connectivity index (χ0n) is 26.6. The van der Waals surface area contributed by atoms with Crippen molar-refractivity contribution in [1.29, 1.82) is 0 Å². The fourth-order valence-electron chi connectivity index (χ4n) is 6.37. The Kier molecular flexibility index (Phi) is 11.1. The normalized spacial score (nSPS) is 17.1. The van der Waals surface area contributed by atoms with E-state index in [1.54, 1.807) is 0 Å². The Bertz CT molecular complexity index is 1680. The average molecular weight is 604 g/mol. The average Bonchev–Trinajstić information content (AvgIpc) is 3.06. The Balaban J connectivity index is 1.34. The van der Waals surface area contributed by atoms with Gasteiger partial charge < -0.3 is 10.0 Å². The zero-order chi connectivity index (χ0) is 31.6. The number of rotatable bonds is 14. The summed E-state index contributed by atoms with van der Waals surface area (Å²) in [4.78, 5) is 37.2. The molecule has 0 aliphatic heterocycles. The maximum atomic E-state index is 13.6. The number of hydrogen-bond donors (Lipinski definition) is 1. The van der Waals surface area contributed by atoms with Crippen LogP contribution in [-0.4, -0.2) is 44.9 Å². The van der Waals surface area contributed by atoms with Gasteiger partial charge in [-0.3, -0.25) is 9.59 Å². The van der Waals surface area contributed by atoms with Gasteiger partial charge >= 0.3 is 5.97 Å². The first-order valence-corrected chi connectivity index (χ1v) is 16.5. The number of nitrogens with zero attached hydrogens (tertiary/aromatic N) is 3. The van der Waals surface area contributed by atoms with Gasteiger partial charge in [0.15, 0.2) is 0 Å². The minimum absolute atomic E-state index is 0.0320. The highest BCUT2D eigenvalue weighted by Gasteiger charge is 2.24. The summed E-state index contributed by atoms with van der Waals surface area (Å²) in [5.74, 6) is -0.710. The molecule has 2 atom stereocenters. The molecular weight excluding hydrogens is 558 g/mol. The Labute approximate surface area is 266 Å². The van der Waals surface area contributed by atoms with Crippen molar-refractivity contribution in [2.75, 3.05) is 13.1 Å². The molecule has 6 nitrogen and oxygen atoms in total. The summed E-state index contributed by atoms with van der Waals surface area (Å²) >= 11 is 0. The number of fused-ring (bicyclic) bond motifs is 1. The third kappa shape index (κ3) is 8.65. The standard InChI is InChI=1S/C39H45N3O3/c1-3-28-18-20-32(21-19-28)38-35(17-9-14-30-13-8-15-31(25-30)26-37(43)44)40-36-27-33(22-23-34(36)41-38)39(45)42(4-2)24-10-16-29-11-6-5-7-12-29/h5-8,11-13,15,18-20,23,25,27,32-33H,3-4,9-10,14,16-17,21-22,24,26H2,1-2H3,(H,43,44). The monoisotopic (exact) mass is 603 g/mol. The summed E-state index contributed by atoms with van der Waals surface area (Å²) in [6.45, 7) is 5.66. The molecule has 0 radical (unpaired) electrons. The minimum Gasteiger partial charge on any atom is -0.481 e. The van der Waals surface area contributed by atoms with Crippen LogP contribution in [0.5, 0.6) is 0 Å². The first-order valence-electron chi connectivity index (χ1n) is 16.5. The number of amides is 1. The summed E-state index contributed by atoms with van der Waals surface area (Å²) in [6.07, 6.45) is 17.9. The Morgan fingerprint density at radius 3 is 2.38 bits per heavy atom. The number of carboxylic acid groups (broad SMARTS) is 1. The van der Waals surface area contributed by atoms with Crippen LogP contribution < -0.4 is 10.7 Å². The molecule has 0 bridgehead atoms. The second kappa shape index (κ2) is 15.6. The Morgan fingerprint density at radius 1 is 0.867 bits per heavy atom. The number of aliphatic carboxylic acids is 1. The van der Waals surface area contributed by atoms with Gasteiger partial charge in [-0.25, -0.2) is 9.97 Å². The van der Waals surface area contributed by atoms with Crippen LogP contribution in [0.3, 0.4) is 0 Å². The summed E-state index contributed by atoms with van der Waals surface area (Å²) in [5, 5.41) is 10.9. The lowest BCUT2D eigenvalue weighted by atomic mass is 9.90. The highest BCUT2D eigenvalue weighted by atomic mass is 16.4. The van der Waals surface area contributed by atoms with E-state index in [1.165, 1.54) is 11.1 Å². The molecule has 2 aliphatic rings. The molecule has 6 heteroatoms. The van der Waals surface area contributed by atoms with Gasteiger partial charge in [-0.15, -0.1) is 0 Å². The molecule has 0 saturated heterocycles. The Hall–Kier alpha value is -4.32. The first-order chi connectivity index (χ1) is 21.9. The van der Waals surface area contributed by atoms with Crippen molar-refractivity contribution < 1.29 is 14.7 Å². The highest BCUT2D eigenvalue weighted by Crippen LogP contribution is 2.28. The van der Waals surface area contributed by atoms with Gasteiger partial charge in [0.25, 0.3) is 0 Å². The van der Waals surface area contributed by atoms with E-state index in [1.807, 2.05) is 35.2 Å². The summed E-state index contributed by atoms with van der Waals surface area (Å²) in [5.41, 5.74) is 6.63. The second-order valence-electron chi connectivity index (χ2n) is 12.1. The highest BCUT2D eigenvalue weighted by molar-refractivity contribution is 5.85. The van der Waals surface area contributed by atoms with Gasteiger partial charge in [-0.1, -0.05) is 91.4 Å². The molecule has 234 valence electrons.